The van der Waals surface area contributed by atoms with Crippen LogP contribution in [0.5, 0.6) is 5.75 Å². The second-order valence-corrected chi connectivity index (χ2v) is 9.14. The normalized spacial score (nSPS) is 32.2. The van der Waals surface area contributed by atoms with Gasteiger partial charge in [0.05, 0.1) is 6.21 Å². The molecule has 5 rings (SSSR count). The van der Waals surface area contributed by atoms with Crippen molar-refractivity contribution in [3.8, 4) is 5.75 Å². The number of nitrogens with zero attached hydrogens (tertiary/aromatic N) is 2. The summed E-state index contributed by atoms with van der Waals surface area (Å²) in [6.45, 7) is 2.38. The number of phenols is 1. The number of phenolic OH excluding ortho intramolecular Hbond substituents is 1. The summed E-state index contributed by atoms with van der Waals surface area (Å²) < 4.78 is 13.4. The van der Waals surface area contributed by atoms with E-state index < -0.39 is 0 Å². The first-order valence-electron chi connectivity index (χ1n) is 10.7. The van der Waals surface area contributed by atoms with Gasteiger partial charge in [0, 0.05) is 11.1 Å². The second kappa shape index (κ2) is 7.08. The van der Waals surface area contributed by atoms with Crippen LogP contribution in [0.4, 0.5) is 4.39 Å². The zero-order valence-corrected chi connectivity index (χ0v) is 16.8. The van der Waals surface area contributed by atoms with E-state index in [9.17, 15) is 9.50 Å². The van der Waals surface area contributed by atoms with E-state index in [-0.39, 0.29) is 11.2 Å². The van der Waals surface area contributed by atoms with Gasteiger partial charge in [0.1, 0.15) is 11.6 Å². The smallest absolute Gasteiger partial charge is 0.123 e. The molecule has 0 aromatic heterocycles. The van der Waals surface area contributed by atoms with E-state index in [1.165, 1.54) is 48.2 Å². The van der Waals surface area contributed by atoms with Crippen molar-refractivity contribution in [3.63, 3.8) is 0 Å². The molecule has 0 aliphatic heterocycles. The quantitative estimate of drug-likeness (QED) is 0.506. The standard InChI is InChI=1S/C25H27FN2O/c1-25-12-11-21-20-8-6-19(29)14-17(20)5-7-22(21)23(25)9-10-24(25)28-27-15-16-3-2-4-18(26)13-16/h2-4,6,8,13-15,21-23,29H,5,7,9-12H2,1H3/b27-15-,28-24-/t21-,22+,23+,25+/m1/s1. The molecule has 3 nitrogen and oxygen atoms in total. The maximum atomic E-state index is 13.4. The van der Waals surface area contributed by atoms with Gasteiger partial charge in [-0.25, -0.2) is 4.39 Å². The Labute approximate surface area is 171 Å². The highest BCUT2D eigenvalue weighted by Crippen LogP contribution is 2.60. The summed E-state index contributed by atoms with van der Waals surface area (Å²) in [5.41, 5.74) is 4.86. The summed E-state index contributed by atoms with van der Waals surface area (Å²) in [6.07, 6.45) is 8.40. The van der Waals surface area contributed by atoms with Gasteiger partial charge >= 0.3 is 0 Å². The molecule has 2 aromatic rings. The van der Waals surface area contributed by atoms with Crippen LogP contribution in [0.3, 0.4) is 0 Å². The van der Waals surface area contributed by atoms with Gasteiger partial charge in [-0.15, -0.1) is 0 Å². The largest absolute Gasteiger partial charge is 0.508 e. The molecule has 1 N–H and O–H groups in total. The van der Waals surface area contributed by atoms with E-state index in [4.69, 9.17) is 0 Å². The van der Waals surface area contributed by atoms with E-state index in [0.29, 0.717) is 23.5 Å². The lowest BCUT2D eigenvalue weighted by atomic mass is 9.55. The zero-order valence-electron chi connectivity index (χ0n) is 16.8. The monoisotopic (exact) mass is 390 g/mol. The molecular weight excluding hydrogens is 363 g/mol. The van der Waals surface area contributed by atoms with Crippen LogP contribution in [0.25, 0.3) is 0 Å². The van der Waals surface area contributed by atoms with E-state index >= 15 is 0 Å². The van der Waals surface area contributed by atoms with Crippen molar-refractivity contribution < 1.29 is 9.50 Å². The van der Waals surface area contributed by atoms with Crippen LogP contribution in [0.15, 0.2) is 52.7 Å². The van der Waals surface area contributed by atoms with E-state index in [1.54, 1.807) is 12.3 Å². The highest BCUT2D eigenvalue weighted by atomic mass is 19.1. The van der Waals surface area contributed by atoms with Crippen molar-refractivity contribution in [2.75, 3.05) is 0 Å². The molecule has 0 bridgehead atoms. The molecule has 3 aliphatic rings. The Morgan fingerprint density at radius 3 is 2.86 bits per heavy atom. The van der Waals surface area contributed by atoms with E-state index in [0.717, 1.165) is 24.8 Å². The van der Waals surface area contributed by atoms with E-state index in [1.807, 2.05) is 18.2 Å². The minimum atomic E-state index is -0.251. The van der Waals surface area contributed by atoms with Gasteiger partial charge in [-0.1, -0.05) is 25.1 Å². The summed E-state index contributed by atoms with van der Waals surface area (Å²) in [4.78, 5) is 0. The van der Waals surface area contributed by atoms with Crippen molar-refractivity contribution >= 4 is 11.9 Å². The van der Waals surface area contributed by atoms with Crippen LogP contribution in [-0.2, 0) is 6.42 Å². The molecule has 4 heteroatoms. The fourth-order valence-corrected chi connectivity index (χ4v) is 6.27. The predicted molar refractivity (Wildman–Crippen MR) is 114 cm³/mol. The van der Waals surface area contributed by atoms with Gasteiger partial charge in [0.15, 0.2) is 0 Å². The molecule has 0 radical (unpaired) electrons. The number of hydrogen-bond donors (Lipinski definition) is 1. The van der Waals surface area contributed by atoms with Crippen LogP contribution in [0.2, 0.25) is 0 Å². The third-order valence-corrected chi connectivity index (χ3v) is 7.69. The molecule has 2 fully saturated rings. The molecule has 0 saturated heterocycles. The number of hydrogen-bond acceptors (Lipinski definition) is 3. The summed E-state index contributed by atoms with van der Waals surface area (Å²) in [7, 11) is 0. The lowest BCUT2D eigenvalue weighted by molar-refractivity contribution is 0.0955. The summed E-state index contributed by atoms with van der Waals surface area (Å²) >= 11 is 0. The number of aromatic hydroxyl groups is 1. The van der Waals surface area contributed by atoms with Crippen molar-refractivity contribution in [1.29, 1.82) is 0 Å². The minimum Gasteiger partial charge on any atom is -0.508 e. The van der Waals surface area contributed by atoms with E-state index in [2.05, 4.69) is 23.2 Å². The Morgan fingerprint density at radius 2 is 2.00 bits per heavy atom. The first kappa shape index (κ1) is 18.5. The molecule has 150 valence electrons. The molecule has 2 saturated carbocycles. The Bertz CT molecular complexity index is 998. The summed E-state index contributed by atoms with van der Waals surface area (Å²) in [5.74, 6) is 2.07. The van der Waals surface area contributed by atoms with Crippen molar-refractivity contribution in [1.82, 2.24) is 0 Å². The third kappa shape index (κ3) is 3.19. The third-order valence-electron chi connectivity index (χ3n) is 7.69. The van der Waals surface area contributed by atoms with Gasteiger partial charge in [-0.3, -0.25) is 0 Å². The maximum absolute atomic E-state index is 13.4. The number of rotatable bonds is 2. The second-order valence-electron chi connectivity index (χ2n) is 9.14. The number of halogens is 1. The Balaban J connectivity index is 1.38. The van der Waals surface area contributed by atoms with Crippen LogP contribution >= 0.6 is 0 Å². The number of fused-ring (bicyclic) bond motifs is 5. The molecule has 2 aromatic carbocycles. The first-order valence-corrected chi connectivity index (χ1v) is 10.7. The van der Waals surface area contributed by atoms with Crippen LogP contribution < -0.4 is 0 Å². The fraction of sp³-hybridized carbons (Fsp3) is 0.440. The van der Waals surface area contributed by atoms with Crippen molar-refractivity contribution in [2.45, 2.75) is 51.4 Å². The SMILES string of the molecule is C[C@]12CC[C@@H]3c4ccc(O)cc4CC[C@@H]3[C@@H]1CC/C2=N/N=C\c1cccc(F)c1. The topological polar surface area (TPSA) is 45.0 Å². The van der Waals surface area contributed by atoms with Crippen LogP contribution in [0, 0.1) is 23.1 Å². The number of benzene rings is 2. The lowest BCUT2D eigenvalue weighted by Crippen LogP contribution is -2.42. The maximum Gasteiger partial charge on any atom is 0.123 e. The molecular formula is C25H27FN2O. The van der Waals surface area contributed by atoms with Crippen molar-refractivity contribution in [2.24, 2.45) is 27.5 Å². The summed E-state index contributed by atoms with van der Waals surface area (Å²) in [5, 5.41) is 18.8. The molecule has 3 aliphatic carbocycles. The average Bonchev–Trinajstić information content (AvgIpc) is 3.04. The lowest BCUT2D eigenvalue weighted by Gasteiger charge is -2.49. The fourth-order valence-electron chi connectivity index (χ4n) is 6.27. The average molecular weight is 391 g/mol. The molecule has 0 heterocycles. The van der Waals surface area contributed by atoms with Gasteiger partial charge in [-0.05, 0) is 97.2 Å². The van der Waals surface area contributed by atoms with Gasteiger partial charge in [-0.2, -0.15) is 10.2 Å². The molecule has 4 atom stereocenters. The van der Waals surface area contributed by atoms with Crippen LogP contribution in [0.1, 0.15) is 61.6 Å². The molecule has 0 unspecified atom stereocenters. The van der Waals surface area contributed by atoms with Gasteiger partial charge in [0.2, 0.25) is 0 Å². The predicted octanol–water partition coefficient (Wildman–Crippen LogP) is 5.86. The Morgan fingerprint density at radius 1 is 1.10 bits per heavy atom. The highest BCUT2D eigenvalue weighted by molar-refractivity contribution is 5.93. The molecule has 0 spiro atoms. The minimum absolute atomic E-state index is 0.120. The Hall–Kier alpha value is -2.49. The summed E-state index contributed by atoms with van der Waals surface area (Å²) in [6, 6.07) is 12.4. The Kier molecular flexibility index (Phi) is 4.53. The first-order chi connectivity index (χ1) is 14.0. The highest BCUT2D eigenvalue weighted by Gasteiger charge is 2.53. The zero-order chi connectivity index (χ0) is 20.0. The molecule has 0 amide bonds. The molecule has 29 heavy (non-hydrogen) atoms. The van der Waals surface area contributed by atoms with Gasteiger partial charge in [0.25, 0.3) is 0 Å². The number of aryl methyl sites for hydroxylation is 1. The van der Waals surface area contributed by atoms with Crippen LogP contribution in [-0.4, -0.2) is 17.0 Å². The van der Waals surface area contributed by atoms with Crippen molar-refractivity contribution in [3.05, 3.63) is 65.0 Å². The van der Waals surface area contributed by atoms with Gasteiger partial charge < -0.3 is 5.11 Å².